The first-order valence-electron chi connectivity index (χ1n) is 9.97. The summed E-state index contributed by atoms with van der Waals surface area (Å²) in [4.78, 5) is 62.7. The number of hydrogen-bond donors (Lipinski definition) is 4. The highest BCUT2D eigenvalue weighted by atomic mass is 16.4. The highest BCUT2D eigenvalue weighted by Gasteiger charge is 2.21. The molecule has 3 rings (SSSR count). The van der Waals surface area contributed by atoms with Gasteiger partial charge >= 0.3 is 17.6 Å². The molecule has 3 aromatic rings. The number of anilines is 1. The Morgan fingerprint density at radius 3 is 2.32 bits per heavy atom. The fourth-order valence-electron chi connectivity index (χ4n) is 3.05. The minimum absolute atomic E-state index is 0.000647. The number of aliphatic carboxylic acids is 2. The summed E-state index contributed by atoms with van der Waals surface area (Å²) in [5.74, 6) is -2.95. The lowest BCUT2D eigenvalue weighted by Crippen LogP contribution is -2.41. The first kappa shape index (κ1) is 24.0. The monoisotopic (exact) mass is 471 g/mol. The summed E-state index contributed by atoms with van der Waals surface area (Å²) in [7, 11) is 2.80. The summed E-state index contributed by atoms with van der Waals surface area (Å²) in [6.07, 6.45) is -0.638. The average Bonchev–Trinajstić information content (AvgIpc) is 2.82. The average molecular weight is 471 g/mol. The van der Waals surface area contributed by atoms with Crippen molar-refractivity contribution in [3.63, 3.8) is 0 Å². The molecule has 0 aliphatic heterocycles. The van der Waals surface area contributed by atoms with E-state index in [1.807, 2.05) is 0 Å². The summed E-state index contributed by atoms with van der Waals surface area (Å²) in [5.41, 5.74) is -0.309. The van der Waals surface area contributed by atoms with Crippen LogP contribution in [-0.2, 0) is 30.2 Å². The van der Waals surface area contributed by atoms with E-state index in [2.05, 4.69) is 25.8 Å². The third-order valence-electron chi connectivity index (χ3n) is 4.96. The van der Waals surface area contributed by atoms with Gasteiger partial charge in [-0.05, 0) is 30.7 Å². The molecule has 0 unspecified atom stereocenters. The molecule has 178 valence electrons. The summed E-state index contributed by atoms with van der Waals surface area (Å²) in [6.45, 7) is 0.0940. The third kappa shape index (κ3) is 5.23. The van der Waals surface area contributed by atoms with Crippen LogP contribution < -0.4 is 21.9 Å². The zero-order valence-corrected chi connectivity index (χ0v) is 18.2. The number of carbonyl (C=O) groups excluding carboxylic acids is 1. The Hall–Kier alpha value is -4.62. The molecule has 34 heavy (non-hydrogen) atoms. The van der Waals surface area contributed by atoms with Crippen LogP contribution in [0.25, 0.3) is 11.2 Å². The Morgan fingerprint density at radius 1 is 1.03 bits per heavy atom. The highest BCUT2D eigenvalue weighted by Crippen LogP contribution is 2.11. The predicted octanol–water partition coefficient (Wildman–Crippen LogP) is -0.918. The van der Waals surface area contributed by atoms with Crippen molar-refractivity contribution in [2.45, 2.75) is 25.4 Å². The largest absolute Gasteiger partial charge is 0.481 e. The van der Waals surface area contributed by atoms with Gasteiger partial charge in [0.05, 0.1) is 6.54 Å². The van der Waals surface area contributed by atoms with Crippen LogP contribution >= 0.6 is 0 Å². The van der Waals surface area contributed by atoms with E-state index >= 15 is 0 Å². The molecule has 1 aromatic carbocycles. The van der Waals surface area contributed by atoms with Crippen LogP contribution in [0.1, 0.15) is 29.0 Å². The normalized spacial score (nSPS) is 11.7. The number of hydrogen-bond acceptors (Lipinski definition) is 9. The van der Waals surface area contributed by atoms with Crippen molar-refractivity contribution in [2.24, 2.45) is 14.1 Å². The van der Waals surface area contributed by atoms with Crippen molar-refractivity contribution in [3.05, 3.63) is 56.5 Å². The van der Waals surface area contributed by atoms with E-state index in [9.17, 15) is 24.0 Å². The van der Waals surface area contributed by atoms with Crippen molar-refractivity contribution in [1.29, 1.82) is 0 Å². The summed E-state index contributed by atoms with van der Waals surface area (Å²) in [6, 6.07) is 4.72. The predicted molar refractivity (Wildman–Crippen MR) is 117 cm³/mol. The molecule has 14 heteroatoms. The second kappa shape index (κ2) is 9.89. The number of carboxylic acid groups (broad SMARTS) is 2. The Balaban J connectivity index is 1.68. The number of fused-ring (bicyclic) bond motifs is 1. The molecule has 1 amide bonds. The van der Waals surface area contributed by atoms with Crippen LogP contribution in [0.3, 0.4) is 0 Å². The summed E-state index contributed by atoms with van der Waals surface area (Å²) in [5, 5.41) is 31.0. The standard InChI is InChI=1S/C20H21N7O7/c1-26-16-15(18(31)27(2)20(26)34)23-13(24-25-16)9-21-11-5-3-10(4-6-11)17(30)22-12(19(32)33)7-8-14(28)29/h3-6,12,21H,7-9H2,1-2H3,(H,22,30)(H,28,29)(H,32,33)/t12-/m0/s1. The van der Waals surface area contributed by atoms with E-state index in [1.54, 1.807) is 12.1 Å². The Morgan fingerprint density at radius 2 is 1.71 bits per heavy atom. The number of nitrogens with zero attached hydrogens (tertiary/aromatic N) is 5. The molecule has 0 fully saturated rings. The van der Waals surface area contributed by atoms with Crippen LogP contribution in [0.5, 0.6) is 0 Å². The van der Waals surface area contributed by atoms with Gasteiger partial charge in [-0.15, -0.1) is 10.2 Å². The molecule has 0 bridgehead atoms. The molecule has 4 N–H and O–H groups in total. The van der Waals surface area contributed by atoms with Crippen molar-refractivity contribution < 1.29 is 24.6 Å². The lowest BCUT2D eigenvalue weighted by atomic mass is 10.1. The van der Waals surface area contributed by atoms with Crippen LogP contribution in [0.15, 0.2) is 33.9 Å². The molecule has 2 aromatic heterocycles. The molecule has 0 aliphatic carbocycles. The van der Waals surface area contributed by atoms with Gasteiger partial charge in [0.2, 0.25) is 0 Å². The molecule has 0 aliphatic rings. The van der Waals surface area contributed by atoms with Crippen LogP contribution in [0, 0.1) is 0 Å². The van der Waals surface area contributed by atoms with E-state index in [4.69, 9.17) is 10.2 Å². The highest BCUT2D eigenvalue weighted by molar-refractivity contribution is 5.96. The Bertz CT molecular complexity index is 1380. The fourth-order valence-corrected chi connectivity index (χ4v) is 3.05. The Labute approximate surface area is 190 Å². The van der Waals surface area contributed by atoms with Crippen molar-refractivity contribution in [2.75, 3.05) is 5.32 Å². The number of aromatic nitrogens is 5. The topological polar surface area (TPSA) is 198 Å². The van der Waals surface area contributed by atoms with Crippen LogP contribution in [0.2, 0.25) is 0 Å². The van der Waals surface area contributed by atoms with Gasteiger partial charge < -0.3 is 20.8 Å². The van der Waals surface area contributed by atoms with Gasteiger partial charge in [-0.1, -0.05) is 0 Å². The maximum atomic E-state index is 12.3. The van der Waals surface area contributed by atoms with Crippen LogP contribution in [-0.4, -0.2) is 58.4 Å². The van der Waals surface area contributed by atoms with Crippen molar-refractivity contribution in [1.82, 2.24) is 29.6 Å². The quantitative estimate of drug-likeness (QED) is 0.301. The van der Waals surface area contributed by atoms with Gasteiger partial charge in [0.1, 0.15) is 6.04 Å². The molecule has 0 spiro atoms. The van der Waals surface area contributed by atoms with Gasteiger partial charge in [0.15, 0.2) is 17.0 Å². The molecule has 14 nitrogen and oxygen atoms in total. The van der Waals surface area contributed by atoms with Gasteiger partial charge in [-0.3, -0.25) is 23.5 Å². The minimum Gasteiger partial charge on any atom is -0.481 e. The zero-order valence-electron chi connectivity index (χ0n) is 18.2. The second-order valence-corrected chi connectivity index (χ2v) is 7.33. The number of rotatable bonds is 9. The minimum atomic E-state index is -1.33. The molecule has 0 radical (unpaired) electrons. The first-order valence-corrected chi connectivity index (χ1v) is 9.97. The number of carbonyl (C=O) groups is 3. The molecule has 0 saturated carbocycles. The van der Waals surface area contributed by atoms with Gasteiger partial charge in [-0.25, -0.2) is 14.6 Å². The number of nitrogens with one attached hydrogen (secondary N) is 2. The number of benzene rings is 1. The van der Waals surface area contributed by atoms with E-state index in [0.717, 1.165) is 4.57 Å². The Kier molecular flexibility index (Phi) is 6.99. The zero-order chi connectivity index (χ0) is 25.0. The lowest BCUT2D eigenvalue weighted by Gasteiger charge is -2.14. The third-order valence-corrected chi connectivity index (χ3v) is 4.96. The molecule has 2 heterocycles. The maximum absolute atomic E-state index is 12.3. The summed E-state index contributed by atoms with van der Waals surface area (Å²) < 4.78 is 2.10. The van der Waals surface area contributed by atoms with E-state index in [-0.39, 0.29) is 35.5 Å². The molecular weight excluding hydrogens is 450 g/mol. The van der Waals surface area contributed by atoms with E-state index < -0.39 is 41.6 Å². The van der Waals surface area contributed by atoms with Crippen molar-refractivity contribution >= 4 is 34.7 Å². The van der Waals surface area contributed by atoms with Gasteiger partial charge in [-0.2, -0.15) is 0 Å². The van der Waals surface area contributed by atoms with E-state index in [0.29, 0.717) is 5.69 Å². The second-order valence-electron chi connectivity index (χ2n) is 7.33. The van der Waals surface area contributed by atoms with Gasteiger partial charge in [0, 0.05) is 31.8 Å². The fraction of sp³-hybridized carbons (Fsp3) is 0.300. The van der Waals surface area contributed by atoms with Crippen LogP contribution in [0.4, 0.5) is 5.69 Å². The smallest absolute Gasteiger partial charge is 0.332 e. The first-order chi connectivity index (χ1) is 16.1. The maximum Gasteiger partial charge on any atom is 0.332 e. The molecular formula is C20H21N7O7. The van der Waals surface area contributed by atoms with Crippen molar-refractivity contribution in [3.8, 4) is 0 Å². The molecule has 0 saturated heterocycles. The van der Waals surface area contributed by atoms with E-state index in [1.165, 1.54) is 30.8 Å². The SMILES string of the molecule is Cn1c(=O)c2nc(CNc3ccc(C(=O)N[C@@H](CCC(=O)O)C(=O)O)cc3)nnc2n(C)c1=O. The lowest BCUT2D eigenvalue weighted by molar-refractivity contribution is -0.140. The summed E-state index contributed by atoms with van der Waals surface area (Å²) >= 11 is 0. The number of carboxylic acids is 2. The van der Waals surface area contributed by atoms with Gasteiger partial charge in [0.25, 0.3) is 11.5 Å². The number of aryl methyl sites for hydroxylation is 1. The molecule has 1 atom stereocenters. The number of amides is 1.